The van der Waals surface area contributed by atoms with Gasteiger partial charge in [0.05, 0.1) is 6.54 Å². The highest BCUT2D eigenvalue weighted by molar-refractivity contribution is 14.0. The Morgan fingerprint density at radius 3 is 2.95 bits per heavy atom. The van der Waals surface area contributed by atoms with Crippen molar-refractivity contribution in [2.75, 3.05) is 39.0 Å². The van der Waals surface area contributed by atoms with Gasteiger partial charge >= 0.3 is 0 Å². The molecule has 2 aliphatic rings. The van der Waals surface area contributed by atoms with Gasteiger partial charge < -0.3 is 15.5 Å². The first-order chi connectivity index (χ1) is 10.1. The lowest BCUT2D eigenvalue weighted by atomic mass is 9.79. The largest absolute Gasteiger partial charge is 0.357 e. The maximum atomic E-state index is 11.6. The van der Waals surface area contributed by atoms with Gasteiger partial charge in [-0.05, 0) is 26.0 Å². The van der Waals surface area contributed by atoms with Crippen LogP contribution in [-0.2, 0) is 4.79 Å². The Balaban J connectivity index is 0.00000242. The van der Waals surface area contributed by atoms with E-state index in [2.05, 4.69) is 35.6 Å². The second-order valence-corrected chi connectivity index (χ2v) is 7.50. The number of hydrogen-bond donors (Lipinski definition) is 2. The smallest absolute Gasteiger partial charge is 0.220 e. The Bertz CT molecular complexity index is 407. The average molecular weight is 440 g/mol. The van der Waals surface area contributed by atoms with Crippen LogP contribution >= 0.6 is 35.7 Å². The number of likely N-dealkylation sites (tertiary alicyclic amines) is 1. The molecule has 2 fully saturated rings. The molecule has 7 heteroatoms. The molecular weight excluding hydrogens is 411 g/mol. The number of guanidine groups is 1. The molecule has 0 bridgehead atoms. The highest BCUT2D eigenvalue weighted by Crippen LogP contribution is 2.35. The summed E-state index contributed by atoms with van der Waals surface area (Å²) in [7, 11) is 0. The van der Waals surface area contributed by atoms with Gasteiger partial charge in [-0.1, -0.05) is 6.92 Å². The predicted octanol–water partition coefficient (Wildman–Crippen LogP) is 1.92. The van der Waals surface area contributed by atoms with Crippen LogP contribution in [0.1, 0.15) is 33.1 Å². The van der Waals surface area contributed by atoms with Crippen LogP contribution in [-0.4, -0.2) is 61.0 Å². The molecule has 0 aromatic carbocycles. The molecule has 2 heterocycles. The number of rotatable bonds is 4. The van der Waals surface area contributed by atoms with Crippen molar-refractivity contribution < 1.29 is 4.79 Å². The Morgan fingerprint density at radius 2 is 2.36 bits per heavy atom. The van der Waals surface area contributed by atoms with Gasteiger partial charge in [-0.3, -0.25) is 9.79 Å². The lowest BCUT2D eigenvalue weighted by Gasteiger charge is -2.40. The highest BCUT2D eigenvalue weighted by atomic mass is 127. The van der Waals surface area contributed by atoms with E-state index in [0.717, 1.165) is 51.5 Å². The lowest BCUT2D eigenvalue weighted by Crippen LogP contribution is -2.51. The summed E-state index contributed by atoms with van der Waals surface area (Å²) in [5.74, 6) is 1.21. The minimum atomic E-state index is 0. The minimum Gasteiger partial charge on any atom is -0.357 e. The molecule has 22 heavy (non-hydrogen) atoms. The van der Waals surface area contributed by atoms with Crippen LogP contribution < -0.4 is 10.6 Å². The summed E-state index contributed by atoms with van der Waals surface area (Å²) in [4.78, 5) is 18.7. The number of aliphatic imine (C=N–C) groups is 1. The van der Waals surface area contributed by atoms with Crippen molar-refractivity contribution in [3.05, 3.63) is 0 Å². The fourth-order valence-electron chi connectivity index (χ4n) is 3.14. The quantitative estimate of drug-likeness (QED) is 0.399. The molecule has 2 N–H and O–H groups in total. The van der Waals surface area contributed by atoms with Gasteiger partial charge in [0.15, 0.2) is 5.96 Å². The zero-order valence-electron chi connectivity index (χ0n) is 13.9. The topological polar surface area (TPSA) is 56.7 Å². The highest BCUT2D eigenvalue weighted by Gasteiger charge is 2.42. The molecule has 1 spiro atoms. The van der Waals surface area contributed by atoms with Crippen molar-refractivity contribution in [2.45, 2.75) is 38.4 Å². The Kier molecular flexibility index (Phi) is 8.31. The van der Waals surface area contributed by atoms with Crippen molar-refractivity contribution >= 4 is 47.6 Å². The van der Waals surface area contributed by atoms with E-state index in [9.17, 15) is 4.79 Å². The molecule has 5 nitrogen and oxygen atoms in total. The second-order valence-electron chi connectivity index (χ2n) is 6.22. The van der Waals surface area contributed by atoms with E-state index in [1.165, 1.54) is 0 Å². The standard InChI is InChI=1S/C15H28N4OS.HI/c1-4-16-14(17-9-12(2)21-3)19-7-5-6-15(11-19)8-13(20)18-10-15;/h12H,4-11H2,1-3H3,(H,16,17)(H,18,20);1H. The Labute approximate surface area is 155 Å². The number of hydrogen-bond acceptors (Lipinski definition) is 3. The van der Waals surface area contributed by atoms with Crippen LogP contribution in [0.25, 0.3) is 0 Å². The number of carbonyl (C=O) groups excluding carboxylic acids is 1. The van der Waals surface area contributed by atoms with Crippen molar-refractivity contribution in [3.63, 3.8) is 0 Å². The van der Waals surface area contributed by atoms with Crippen LogP contribution in [0.15, 0.2) is 4.99 Å². The van der Waals surface area contributed by atoms with E-state index in [1.807, 2.05) is 11.8 Å². The maximum Gasteiger partial charge on any atom is 0.220 e. The normalized spacial score (nSPS) is 26.6. The first-order valence-electron chi connectivity index (χ1n) is 7.91. The van der Waals surface area contributed by atoms with Gasteiger partial charge in [-0.15, -0.1) is 24.0 Å². The molecule has 0 aromatic rings. The van der Waals surface area contributed by atoms with Crippen molar-refractivity contribution in [3.8, 4) is 0 Å². The predicted molar refractivity (Wildman–Crippen MR) is 105 cm³/mol. The average Bonchev–Trinajstić information content (AvgIpc) is 2.83. The molecule has 0 radical (unpaired) electrons. The molecule has 0 saturated carbocycles. The van der Waals surface area contributed by atoms with Gasteiger partial charge in [0.25, 0.3) is 0 Å². The summed E-state index contributed by atoms with van der Waals surface area (Å²) < 4.78 is 0. The molecule has 2 aliphatic heterocycles. The van der Waals surface area contributed by atoms with Gasteiger partial charge in [0.2, 0.25) is 5.91 Å². The minimum absolute atomic E-state index is 0. The zero-order valence-corrected chi connectivity index (χ0v) is 17.0. The van der Waals surface area contributed by atoms with Crippen LogP contribution in [0.4, 0.5) is 0 Å². The molecule has 1 amide bonds. The second kappa shape index (κ2) is 9.20. The van der Waals surface area contributed by atoms with Gasteiger partial charge in [0, 0.05) is 43.3 Å². The lowest BCUT2D eigenvalue weighted by molar-refractivity contribution is -0.119. The molecule has 2 saturated heterocycles. The van der Waals surface area contributed by atoms with Crippen LogP contribution in [0.3, 0.4) is 0 Å². The number of amides is 1. The summed E-state index contributed by atoms with van der Waals surface area (Å²) in [6, 6.07) is 0. The number of halogens is 1. The third-order valence-corrected chi connectivity index (χ3v) is 5.35. The van der Waals surface area contributed by atoms with Gasteiger partial charge in [0.1, 0.15) is 0 Å². The van der Waals surface area contributed by atoms with Gasteiger partial charge in [-0.2, -0.15) is 11.8 Å². The third kappa shape index (κ3) is 5.18. The summed E-state index contributed by atoms with van der Waals surface area (Å²) in [6.07, 6.45) is 5.07. The van der Waals surface area contributed by atoms with E-state index in [4.69, 9.17) is 4.99 Å². The van der Waals surface area contributed by atoms with Crippen molar-refractivity contribution in [1.82, 2.24) is 15.5 Å². The van der Waals surface area contributed by atoms with E-state index < -0.39 is 0 Å². The number of nitrogens with zero attached hydrogens (tertiary/aromatic N) is 2. The summed E-state index contributed by atoms with van der Waals surface area (Å²) in [5, 5.41) is 6.95. The first kappa shape index (κ1) is 19.9. The number of carbonyl (C=O) groups is 1. The van der Waals surface area contributed by atoms with Crippen LogP contribution in [0, 0.1) is 5.41 Å². The summed E-state index contributed by atoms with van der Waals surface area (Å²) in [6.45, 7) is 8.82. The number of nitrogens with one attached hydrogen (secondary N) is 2. The van der Waals surface area contributed by atoms with E-state index in [0.29, 0.717) is 11.7 Å². The molecular formula is C15H29IN4OS. The van der Waals surface area contributed by atoms with E-state index >= 15 is 0 Å². The summed E-state index contributed by atoms with van der Waals surface area (Å²) in [5.41, 5.74) is 0.122. The van der Waals surface area contributed by atoms with Gasteiger partial charge in [-0.25, -0.2) is 0 Å². The first-order valence-corrected chi connectivity index (χ1v) is 9.20. The van der Waals surface area contributed by atoms with E-state index in [-0.39, 0.29) is 35.3 Å². The fraction of sp³-hybridized carbons (Fsp3) is 0.867. The molecule has 128 valence electrons. The SMILES string of the molecule is CCNC(=NCC(C)SC)N1CCCC2(CNC(=O)C2)C1.I. The van der Waals surface area contributed by atoms with Crippen molar-refractivity contribution in [1.29, 1.82) is 0 Å². The Morgan fingerprint density at radius 1 is 1.59 bits per heavy atom. The fourth-order valence-corrected chi connectivity index (χ4v) is 3.37. The maximum absolute atomic E-state index is 11.6. The zero-order chi connectivity index (χ0) is 15.3. The molecule has 2 rings (SSSR count). The number of thioether (sulfide) groups is 1. The monoisotopic (exact) mass is 440 g/mol. The third-order valence-electron chi connectivity index (χ3n) is 4.39. The molecule has 2 unspecified atom stereocenters. The van der Waals surface area contributed by atoms with Crippen LogP contribution in [0.5, 0.6) is 0 Å². The van der Waals surface area contributed by atoms with Crippen LogP contribution in [0.2, 0.25) is 0 Å². The molecule has 2 atom stereocenters. The molecule has 0 aliphatic carbocycles. The van der Waals surface area contributed by atoms with Crippen molar-refractivity contribution in [2.24, 2.45) is 10.4 Å². The number of piperidine rings is 1. The summed E-state index contributed by atoms with van der Waals surface area (Å²) >= 11 is 1.84. The Hall–Kier alpha value is -0.180. The molecule has 0 aromatic heterocycles. The van der Waals surface area contributed by atoms with E-state index in [1.54, 1.807) is 0 Å².